The third-order valence-electron chi connectivity index (χ3n) is 3.90. The van der Waals surface area contributed by atoms with E-state index in [1.165, 1.54) is 16.5 Å². The van der Waals surface area contributed by atoms with E-state index in [1.54, 1.807) is 23.6 Å². The van der Waals surface area contributed by atoms with Crippen molar-refractivity contribution in [1.82, 2.24) is 9.97 Å². The molecule has 0 saturated heterocycles. The van der Waals surface area contributed by atoms with Crippen LogP contribution in [0.1, 0.15) is 15.9 Å². The quantitative estimate of drug-likeness (QED) is 0.460. The Morgan fingerprint density at radius 3 is 2.65 bits per heavy atom. The molecule has 0 bridgehead atoms. The number of carbonyl (C=O) groups excluding carboxylic acids is 1. The van der Waals surface area contributed by atoms with Crippen LogP contribution in [0.25, 0.3) is 20.8 Å². The zero-order chi connectivity index (χ0) is 18.1. The lowest BCUT2D eigenvalue weighted by atomic mass is 10.2. The minimum Gasteiger partial charge on any atom is -0.322 e. The summed E-state index contributed by atoms with van der Waals surface area (Å²) in [6, 6.07) is 15.7. The molecule has 4 nitrogen and oxygen atoms in total. The van der Waals surface area contributed by atoms with Gasteiger partial charge in [-0.2, -0.15) is 0 Å². The largest absolute Gasteiger partial charge is 0.322 e. The molecule has 2 heterocycles. The highest BCUT2D eigenvalue weighted by Gasteiger charge is 2.09. The highest BCUT2D eigenvalue weighted by Crippen LogP contribution is 2.31. The SMILES string of the molecule is Cc1ccc2nc(-c3ccc(NC(=O)c4cncc(Br)c4)cc3)sc2c1. The van der Waals surface area contributed by atoms with Gasteiger partial charge in [-0.15, -0.1) is 11.3 Å². The number of rotatable bonds is 3. The van der Waals surface area contributed by atoms with E-state index < -0.39 is 0 Å². The van der Waals surface area contributed by atoms with E-state index in [2.05, 4.69) is 50.3 Å². The van der Waals surface area contributed by atoms with Gasteiger partial charge in [0.2, 0.25) is 0 Å². The van der Waals surface area contributed by atoms with Crippen LogP contribution in [0.4, 0.5) is 5.69 Å². The van der Waals surface area contributed by atoms with Crippen LogP contribution >= 0.6 is 27.3 Å². The Labute approximate surface area is 163 Å². The van der Waals surface area contributed by atoms with Gasteiger partial charge in [0.1, 0.15) is 5.01 Å². The van der Waals surface area contributed by atoms with Crippen molar-refractivity contribution < 1.29 is 4.79 Å². The smallest absolute Gasteiger partial charge is 0.257 e. The molecule has 26 heavy (non-hydrogen) atoms. The number of aryl methyl sites for hydroxylation is 1. The zero-order valence-corrected chi connectivity index (χ0v) is 16.3. The summed E-state index contributed by atoms with van der Waals surface area (Å²) in [5, 5.41) is 3.85. The van der Waals surface area contributed by atoms with Crippen molar-refractivity contribution in [2.45, 2.75) is 6.92 Å². The summed E-state index contributed by atoms with van der Waals surface area (Å²) < 4.78 is 1.95. The Kier molecular flexibility index (Phi) is 4.53. The summed E-state index contributed by atoms with van der Waals surface area (Å²) in [5.74, 6) is -0.193. The molecule has 128 valence electrons. The lowest BCUT2D eigenvalue weighted by Gasteiger charge is -2.06. The van der Waals surface area contributed by atoms with Gasteiger partial charge in [0.15, 0.2) is 0 Å². The molecule has 0 atom stereocenters. The van der Waals surface area contributed by atoms with Crippen LogP contribution in [0.5, 0.6) is 0 Å². The summed E-state index contributed by atoms with van der Waals surface area (Å²) in [7, 11) is 0. The number of benzene rings is 2. The molecule has 0 fully saturated rings. The summed E-state index contributed by atoms with van der Waals surface area (Å²) in [6.07, 6.45) is 3.18. The Hall–Kier alpha value is -2.57. The van der Waals surface area contributed by atoms with Crippen molar-refractivity contribution in [2.75, 3.05) is 5.32 Å². The first kappa shape index (κ1) is 16.9. The topological polar surface area (TPSA) is 54.9 Å². The van der Waals surface area contributed by atoms with Crippen molar-refractivity contribution in [3.8, 4) is 10.6 Å². The van der Waals surface area contributed by atoms with E-state index in [0.29, 0.717) is 5.56 Å². The highest BCUT2D eigenvalue weighted by atomic mass is 79.9. The molecular formula is C20H14BrN3OS. The first-order valence-electron chi connectivity index (χ1n) is 7.98. The molecular weight excluding hydrogens is 410 g/mol. The molecule has 6 heteroatoms. The van der Waals surface area contributed by atoms with Gasteiger partial charge in [0.25, 0.3) is 5.91 Å². The molecule has 0 spiro atoms. The van der Waals surface area contributed by atoms with Crippen LogP contribution in [0.15, 0.2) is 65.4 Å². The van der Waals surface area contributed by atoms with Crippen molar-refractivity contribution in [2.24, 2.45) is 0 Å². The lowest BCUT2D eigenvalue weighted by Crippen LogP contribution is -2.12. The molecule has 4 aromatic rings. The Balaban J connectivity index is 1.55. The average Bonchev–Trinajstić information content (AvgIpc) is 3.05. The highest BCUT2D eigenvalue weighted by molar-refractivity contribution is 9.10. The van der Waals surface area contributed by atoms with E-state index in [0.717, 1.165) is 26.2 Å². The maximum Gasteiger partial charge on any atom is 0.257 e. The number of anilines is 1. The summed E-state index contributed by atoms with van der Waals surface area (Å²) in [4.78, 5) is 21.0. The van der Waals surface area contributed by atoms with Gasteiger partial charge >= 0.3 is 0 Å². The van der Waals surface area contributed by atoms with E-state index in [-0.39, 0.29) is 5.91 Å². The van der Waals surface area contributed by atoms with E-state index in [1.807, 2.05) is 30.3 Å². The van der Waals surface area contributed by atoms with Gasteiger partial charge in [-0.25, -0.2) is 4.98 Å². The summed E-state index contributed by atoms with van der Waals surface area (Å²) in [5.41, 5.74) is 4.51. The predicted molar refractivity (Wildman–Crippen MR) is 110 cm³/mol. The maximum atomic E-state index is 12.3. The van der Waals surface area contributed by atoms with Crippen molar-refractivity contribution in [1.29, 1.82) is 0 Å². The van der Waals surface area contributed by atoms with Gasteiger partial charge in [-0.3, -0.25) is 9.78 Å². The van der Waals surface area contributed by atoms with Gasteiger partial charge in [-0.05, 0) is 70.9 Å². The van der Waals surface area contributed by atoms with Gasteiger partial charge in [0, 0.05) is 28.1 Å². The fraction of sp³-hybridized carbons (Fsp3) is 0.0500. The van der Waals surface area contributed by atoms with Crippen LogP contribution in [0.2, 0.25) is 0 Å². The molecule has 4 rings (SSSR count). The number of halogens is 1. The number of nitrogens with zero attached hydrogens (tertiary/aromatic N) is 2. The second-order valence-corrected chi connectivity index (χ2v) is 7.86. The fourth-order valence-corrected chi connectivity index (χ4v) is 4.02. The van der Waals surface area contributed by atoms with Crippen molar-refractivity contribution >= 4 is 49.1 Å². The number of hydrogen-bond donors (Lipinski definition) is 1. The van der Waals surface area contributed by atoms with Crippen molar-refractivity contribution in [3.05, 3.63) is 76.5 Å². The monoisotopic (exact) mass is 423 g/mol. The summed E-state index contributed by atoms with van der Waals surface area (Å²) in [6.45, 7) is 2.08. The fourth-order valence-electron chi connectivity index (χ4n) is 2.59. The van der Waals surface area contributed by atoms with E-state index >= 15 is 0 Å². The molecule has 0 unspecified atom stereocenters. The summed E-state index contributed by atoms with van der Waals surface area (Å²) >= 11 is 4.99. The number of fused-ring (bicyclic) bond motifs is 1. The van der Waals surface area contributed by atoms with Crippen molar-refractivity contribution in [3.63, 3.8) is 0 Å². The minimum absolute atomic E-state index is 0.193. The van der Waals surface area contributed by atoms with Gasteiger partial charge in [-0.1, -0.05) is 6.07 Å². The van der Waals surface area contributed by atoms with Gasteiger partial charge in [0.05, 0.1) is 15.8 Å². The minimum atomic E-state index is -0.193. The molecule has 0 aliphatic rings. The van der Waals surface area contributed by atoms with Gasteiger partial charge < -0.3 is 5.32 Å². The Morgan fingerprint density at radius 2 is 1.88 bits per heavy atom. The average molecular weight is 424 g/mol. The molecule has 0 aliphatic heterocycles. The number of hydrogen-bond acceptors (Lipinski definition) is 4. The normalized spacial score (nSPS) is 10.8. The second-order valence-electron chi connectivity index (χ2n) is 5.91. The van der Waals surface area contributed by atoms with Crippen LogP contribution in [-0.2, 0) is 0 Å². The number of pyridine rings is 1. The number of nitrogens with one attached hydrogen (secondary N) is 1. The van der Waals surface area contributed by atoms with E-state index in [9.17, 15) is 4.79 Å². The lowest BCUT2D eigenvalue weighted by molar-refractivity contribution is 0.102. The molecule has 0 saturated carbocycles. The van der Waals surface area contributed by atoms with Crippen LogP contribution < -0.4 is 5.32 Å². The molecule has 1 N–H and O–H groups in total. The van der Waals surface area contributed by atoms with Crippen LogP contribution in [0, 0.1) is 6.92 Å². The third-order valence-corrected chi connectivity index (χ3v) is 5.40. The molecule has 0 aliphatic carbocycles. The second kappa shape index (κ2) is 6.97. The molecule has 2 aromatic carbocycles. The number of amides is 1. The molecule has 2 aromatic heterocycles. The standard InChI is InChI=1S/C20H14BrN3OS/c1-12-2-7-17-18(8-12)26-20(24-17)13-3-5-16(6-4-13)23-19(25)14-9-15(21)11-22-10-14/h2-11H,1H3,(H,23,25). The van der Waals surface area contributed by atoms with Crippen LogP contribution in [0.3, 0.4) is 0 Å². The molecule has 1 amide bonds. The molecule has 0 radical (unpaired) electrons. The predicted octanol–water partition coefficient (Wildman–Crippen LogP) is 5.68. The van der Waals surface area contributed by atoms with Crippen LogP contribution in [-0.4, -0.2) is 15.9 Å². The Bertz CT molecular complexity index is 1110. The first-order chi connectivity index (χ1) is 12.6. The number of aromatic nitrogens is 2. The third kappa shape index (κ3) is 3.52. The Morgan fingerprint density at radius 1 is 1.08 bits per heavy atom. The number of carbonyl (C=O) groups is 1. The first-order valence-corrected chi connectivity index (χ1v) is 9.59. The number of thiazole rings is 1. The maximum absolute atomic E-state index is 12.3. The van der Waals surface area contributed by atoms with E-state index in [4.69, 9.17) is 0 Å². The zero-order valence-electron chi connectivity index (χ0n) is 13.9.